The number of benzene rings is 1. The fourth-order valence-electron chi connectivity index (χ4n) is 1.49. The molecule has 2 atom stereocenters. The van der Waals surface area contributed by atoms with Gasteiger partial charge in [-0.25, -0.2) is 4.39 Å². The van der Waals surface area contributed by atoms with Gasteiger partial charge in [0.05, 0.1) is 5.02 Å². The lowest BCUT2D eigenvalue weighted by Crippen LogP contribution is -2.33. The fraction of sp³-hybridized carbons (Fsp3) is 0.417. The van der Waals surface area contributed by atoms with Crippen LogP contribution in [0.2, 0.25) is 5.02 Å². The Hall–Kier alpha value is -0.610. The van der Waals surface area contributed by atoms with E-state index >= 15 is 0 Å². The monoisotopic (exact) mass is 321 g/mol. The molecule has 1 aromatic rings. The number of hydrogen-bond acceptors (Lipinski definition) is 1. The molecule has 0 aliphatic carbocycles. The highest BCUT2D eigenvalue weighted by molar-refractivity contribution is 9.09. The number of nitrogens with one attached hydrogen (secondary N) is 1. The molecular weight excluding hydrogens is 308 g/mol. The molecule has 0 saturated carbocycles. The van der Waals surface area contributed by atoms with Gasteiger partial charge in [0.2, 0.25) is 0 Å². The zero-order valence-corrected chi connectivity index (χ0v) is 12.0. The first-order valence-corrected chi connectivity index (χ1v) is 6.59. The van der Waals surface area contributed by atoms with Crippen LogP contribution in [0.5, 0.6) is 0 Å². The standard InChI is InChI=1S/C12H14BrClFNO/c1-7(13)5-8(2)16-12(17)9-3-4-10(14)11(15)6-9/h3-4,6-8H,5H2,1-2H3,(H,16,17). The molecular formula is C12H14BrClFNO. The Labute approximate surface area is 114 Å². The van der Waals surface area contributed by atoms with Crippen LogP contribution in [0.1, 0.15) is 30.6 Å². The minimum Gasteiger partial charge on any atom is -0.350 e. The second-order valence-electron chi connectivity index (χ2n) is 4.02. The van der Waals surface area contributed by atoms with E-state index in [2.05, 4.69) is 21.2 Å². The zero-order valence-electron chi connectivity index (χ0n) is 9.64. The molecule has 0 radical (unpaired) electrons. The largest absolute Gasteiger partial charge is 0.350 e. The Morgan fingerprint density at radius 1 is 1.53 bits per heavy atom. The van der Waals surface area contributed by atoms with Crippen molar-refractivity contribution in [3.8, 4) is 0 Å². The summed E-state index contributed by atoms with van der Waals surface area (Å²) in [5.41, 5.74) is 0.279. The van der Waals surface area contributed by atoms with Crippen molar-refractivity contribution in [3.63, 3.8) is 0 Å². The van der Waals surface area contributed by atoms with Crippen LogP contribution in [0.15, 0.2) is 18.2 Å². The summed E-state index contributed by atoms with van der Waals surface area (Å²) in [4.78, 5) is 12.1. The van der Waals surface area contributed by atoms with E-state index in [4.69, 9.17) is 11.6 Å². The van der Waals surface area contributed by atoms with Crippen molar-refractivity contribution in [1.82, 2.24) is 5.32 Å². The molecule has 0 saturated heterocycles. The van der Waals surface area contributed by atoms with E-state index in [1.807, 2.05) is 13.8 Å². The van der Waals surface area contributed by atoms with Crippen molar-refractivity contribution in [3.05, 3.63) is 34.6 Å². The maximum absolute atomic E-state index is 13.2. The average molecular weight is 323 g/mol. The van der Waals surface area contributed by atoms with E-state index in [1.165, 1.54) is 12.1 Å². The molecule has 0 heterocycles. The van der Waals surface area contributed by atoms with E-state index in [-0.39, 0.29) is 22.5 Å². The van der Waals surface area contributed by atoms with Crippen LogP contribution in [0.4, 0.5) is 4.39 Å². The van der Waals surface area contributed by atoms with Gasteiger partial charge in [-0.15, -0.1) is 0 Å². The number of rotatable bonds is 4. The van der Waals surface area contributed by atoms with Gasteiger partial charge in [0.25, 0.3) is 5.91 Å². The van der Waals surface area contributed by atoms with Crippen LogP contribution in [0.25, 0.3) is 0 Å². The third-order valence-corrected chi connectivity index (χ3v) is 2.92. The lowest BCUT2D eigenvalue weighted by Gasteiger charge is -2.15. The van der Waals surface area contributed by atoms with Gasteiger partial charge >= 0.3 is 0 Å². The molecule has 2 unspecified atom stereocenters. The van der Waals surface area contributed by atoms with Crippen LogP contribution < -0.4 is 5.32 Å². The normalized spacial score (nSPS) is 14.2. The molecule has 0 aliphatic heterocycles. The third kappa shape index (κ3) is 4.64. The molecule has 0 aliphatic rings. The molecule has 2 nitrogen and oxygen atoms in total. The first kappa shape index (κ1) is 14.5. The summed E-state index contributed by atoms with van der Waals surface area (Å²) in [6.45, 7) is 3.91. The minimum atomic E-state index is -0.583. The van der Waals surface area contributed by atoms with Gasteiger partial charge in [-0.2, -0.15) is 0 Å². The third-order valence-electron chi connectivity index (χ3n) is 2.24. The maximum atomic E-state index is 13.2. The lowest BCUT2D eigenvalue weighted by molar-refractivity contribution is 0.0938. The van der Waals surface area contributed by atoms with E-state index in [9.17, 15) is 9.18 Å². The molecule has 0 aromatic heterocycles. The first-order valence-electron chi connectivity index (χ1n) is 5.30. The summed E-state index contributed by atoms with van der Waals surface area (Å²) in [6, 6.07) is 4.05. The van der Waals surface area contributed by atoms with Gasteiger partial charge in [0.1, 0.15) is 5.82 Å². The highest BCUT2D eigenvalue weighted by Crippen LogP contribution is 2.16. The van der Waals surface area contributed by atoms with Gasteiger partial charge in [-0.3, -0.25) is 4.79 Å². The molecule has 1 N–H and O–H groups in total. The Morgan fingerprint density at radius 3 is 2.71 bits per heavy atom. The van der Waals surface area contributed by atoms with E-state index in [0.29, 0.717) is 4.83 Å². The van der Waals surface area contributed by atoms with Crippen LogP contribution in [-0.4, -0.2) is 16.8 Å². The number of carbonyl (C=O) groups excluding carboxylic acids is 1. The fourth-order valence-corrected chi connectivity index (χ4v) is 2.17. The van der Waals surface area contributed by atoms with Crippen molar-refractivity contribution in [1.29, 1.82) is 0 Å². The highest BCUT2D eigenvalue weighted by atomic mass is 79.9. The molecule has 94 valence electrons. The van der Waals surface area contributed by atoms with Crippen LogP contribution in [0.3, 0.4) is 0 Å². The van der Waals surface area contributed by atoms with Crippen molar-refractivity contribution in [2.45, 2.75) is 31.1 Å². The van der Waals surface area contributed by atoms with Crippen molar-refractivity contribution in [2.75, 3.05) is 0 Å². The Balaban J connectivity index is 2.66. The summed E-state index contributed by atoms with van der Waals surface area (Å²) < 4.78 is 13.2. The zero-order chi connectivity index (χ0) is 13.0. The molecule has 5 heteroatoms. The number of hydrogen-bond donors (Lipinski definition) is 1. The average Bonchev–Trinajstić information content (AvgIpc) is 2.20. The number of amides is 1. The van der Waals surface area contributed by atoms with E-state index < -0.39 is 5.82 Å². The predicted molar refractivity (Wildman–Crippen MR) is 71.3 cm³/mol. The summed E-state index contributed by atoms with van der Waals surface area (Å²) in [5.74, 6) is -0.873. The highest BCUT2D eigenvalue weighted by Gasteiger charge is 2.12. The van der Waals surface area contributed by atoms with Gasteiger partial charge < -0.3 is 5.32 Å². The number of halogens is 3. The quantitative estimate of drug-likeness (QED) is 0.840. The Kier molecular flexibility index (Phi) is 5.40. The van der Waals surface area contributed by atoms with Crippen molar-refractivity contribution < 1.29 is 9.18 Å². The topological polar surface area (TPSA) is 29.1 Å². The Morgan fingerprint density at radius 2 is 2.18 bits per heavy atom. The molecule has 1 amide bonds. The summed E-state index contributed by atoms with van der Waals surface area (Å²) in [7, 11) is 0. The SMILES string of the molecule is CC(Br)CC(C)NC(=O)c1ccc(Cl)c(F)c1. The smallest absolute Gasteiger partial charge is 0.251 e. The van der Waals surface area contributed by atoms with Crippen LogP contribution in [0, 0.1) is 5.82 Å². The maximum Gasteiger partial charge on any atom is 0.251 e. The summed E-state index contributed by atoms with van der Waals surface area (Å²) in [6.07, 6.45) is 0.807. The summed E-state index contributed by atoms with van der Waals surface area (Å²) >= 11 is 8.96. The van der Waals surface area contributed by atoms with Crippen molar-refractivity contribution >= 4 is 33.4 Å². The predicted octanol–water partition coefficient (Wildman–Crippen LogP) is 3.77. The van der Waals surface area contributed by atoms with Crippen molar-refractivity contribution in [2.24, 2.45) is 0 Å². The van der Waals surface area contributed by atoms with E-state index in [1.54, 1.807) is 0 Å². The lowest BCUT2D eigenvalue weighted by atomic mass is 10.1. The number of carbonyl (C=O) groups is 1. The molecule has 17 heavy (non-hydrogen) atoms. The molecule has 0 spiro atoms. The van der Waals surface area contributed by atoms with Gasteiger partial charge in [0.15, 0.2) is 0 Å². The summed E-state index contributed by atoms with van der Waals surface area (Å²) in [5, 5.41) is 2.81. The van der Waals surface area contributed by atoms with Gasteiger partial charge in [-0.1, -0.05) is 34.5 Å². The second kappa shape index (κ2) is 6.36. The molecule has 0 bridgehead atoms. The Bertz CT molecular complexity index is 411. The van der Waals surface area contributed by atoms with E-state index in [0.717, 1.165) is 12.5 Å². The first-order chi connectivity index (χ1) is 7.90. The van der Waals surface area contributed by atoms with Gasteiger partial charge in [0, 0.05) is 16.4 Å². The molecule has 1 rings (SSSR count). The minimum absolute atomic E-state index is 0.0173. The number of alkyl halides is 1. The molecule has 0 fully saturated rings. The molecule has 1 aromatic carbocycles. The van der Waals surface area contributed by atoms with Gasteiger partial charge in [-0.05, 0) is 31.5 Å². The van der Waals surface area contributed by atoms with Crippen LogP contribution in [-0.2, 0) is 0 Å². The second-order valence-corrected chi connectivity index (χ2v) is 5.99. The van der Waals surface area contributed by atoms with Crippen LogP contribution >= 0.6 is 27.5 Å².